The summed E-state index contributed by atoms with van der Waals surface area (Å²) in [7, 11) is 1.44. The number of hydrogen-bond donors (Lipinski definition) is 0. The number of carbonyl (C=O) groups excluding carboxylic acids is 2. The molecule has 0 amide bonds. The number of unbranched alkanes of at least 4 members (excludes halogenated alkanes) is 6. The van der Waals surface area contributed by atoms with Crippen LogP contribution in [0.25, 0.3) is 6.08 Å². The number of carbonyl (C=O) groups is 2. The van der Waals surface area contributed by atoms with Crippen LogP contribution in [-0.4, -0.2) is 18.9 Å². The molecule has 3 nitrogen and oxygen atoms in total. The number of aryl methyl sites for hydroxylation is 1. The van der Waals surface area contributed by atoms with Gasteiger partial charge in [-0.15, -0.1) is 11.3 Å². The molecule has 0 aromatic carbocycles. The number of allylic oxidation sites excluding steroid dienone is 1. The Morgan fingerprint density at radius 2 is 1.72 bits per heavy atom. The third-order valence-electron chi connectivity index (χ3n) is 4.17. The third kappa shape index (κ3) is 10.9. The molecule has 1 heterocycles. The van der Waals surface area contributed by atoms with Gasteiger partial charge in [-0.25, -0.2) is 0 Å². The fraction of sp³-hybridized carbons (Fsp3) is 0.619. The fourth-order valence-electron chi connectivity index (χ4n) is 2.63. The highest BCUT2D eigenvalue weighted by atomic mass is 32.1. The van der Waals surface area contributed by atoms with Crippen molar-refractivity contribution in [2.45, 2.75) is 77.6 Å². The van der Waals surface area contributed by atoms with Gasteiger partial charge < -0.3 is 4.74 Å². The Morgan fingerprint density at radius 1 is 1.00 bits per heavy atom. The van der Waals surface area contributed by atoms with Gasteiger partial charge in [-0.2, -0.15) is 0 Å². The number of hydrogen-bond acceptors (Lipinski definition) is 4. The fourth-order valence-corrected chi connectivity index (χ4v) is 3.58. The SMILES string of the molecule is CCCCCC(=O)C=Cc1ccc(CCCCCCCC(=O)OC)s1. The van der Waals surface area contributed by atoms with Crippen LogP contribution in [0.15, 0.2) is 18.2 Å². The summed E-state index contributed by atoms with van der Waals surface area (Å²) in [6, 6.07) is 4.27. The van der Waals surface area contributed by atoms with Gasteiger partial charge in [0.25, 0.3) is 0 Å². The maximum Gasteiger partial charge on any atom is 0.305 e. The van der Waals surface area contributed by atoms with Crippen LogP contribution in [0.1, 0.15) is 80.9 Å². The summed E-state index contributed by atoms with van der Waals surface area (Å²) in [4.78, 5) is 25.3. The average molecular weight is 365 g/mol. The van der Waals surface area contributed by atoms with Crippen molar-refractivity contribution in [3.8, 4) is 0 Å². The molecule has 0 spiro atoms. The maximum atomic E-state index is 11.7. The smallest absolute Gasteiger partial charge is 0.305 e. The number of esters is 1. The minimum Gasteiger partial charge on any atom is -0.469 e. The van der Waals surface area contributed by atoms with Crippen molar-refractivity contribution in [1.29, 1.82) is 0 Å². The second kappa shape index (κ2) is 13.8. The molecule has 1 aromatic rings. The molecule has 4 heteroatoms. The second-order valence-corrected chi connectivity index (χ2v) is 7.60. The van der Waals surface area contributed by atoms with E-state index in [4.69, 9.17) is 0 Å². The molecule has 0 fully saturated rings. The summed E-state index contributed by atoms with van der Waals surface area (Å²) in [5, 5.41) is 0. The van der Waals surface area contributed by atoms with Gasteiger partial charge in [0, 0.05) is 22.6 Å². The summed E-state index contributed by atoms with van der Waals surface area (Å²) < 4.78 is 4.63. The van der Waals surface area contributed by atoms with Crippen LogP contribution in [0.5, 0.6) is 0 Å². The summed E-state index contributed by atoms with van der Waals surface area (Å²) in [6.07, 6.45) is 14.8. The first kappa shape index (κ1) is 21.6. The zero-order valence-electron chi connectivity index (χ0n) is 15.7. The Morgan fingerprint density at radius 3 is 2.48 bits per heavy atom. The van der Waals surface area contributed by atoms with Crippen molar-refractivity contribution in [1.82, 2.24) is 0 Å². The van der Waals surface area contributed by atoms with Gasteiger partial charge in [0.05, 0.1) is 7.11 Å². The Labute approximate surface area is 156 Å². The van der Waals surface area contributed by atoms with Gasteiger partial charge in [0.1, 0.15) is 0 Å². The molecule has 0 saturated heterocycles. The lowest BCUT2D eigenvalue weighted by Gasteiger charge is -2.00. The molecule has 0 aliphatic carbocycles. The molecule has 1 aromatic heterocycles. The Kier molecular flexibility index (Phi) is 12.0. The molecule has 0 aliphatic rings. The average Bonchev–Trinajstić information content (AvgIpc) is 3.07. The van der Waals surface area contributed by atoms with Crippen LogP contribution < -0.4 is 0 Å². The van der Waals surface area contributed by atoms with Gasteiger partial charge in [0.15, 0.2) is 5.78 Å². The molecule has 0 aliphatic heterocycles. The standard InChI is InChI=1S/C21H32O3S/c1-3-4-8-11-18(22)14-15-20-17-16-19(25-20)12-9-6-5-7-10-13-21(23)24-2/h14-17H,3-13H2,1-2H3. The van der Waals surface area contributed by atoms with Gasteiger partial charge in [-0.1, -0.05) is 39.0 Å². The third-order valence-corrected chi connectivity index (χ3v) is 5.28. The largest absolute Gasteiger partial charge is 0.469 e. The van der Waals surface area contributed by atoms with Gasteiger partial charge in [0.2, 0.25) is 0 Å². The van der Waals surface area contributed by atoms with Crippen molar-refractivity contribution < 1.29 is 14.3 Å². The Balaban J connectivity index is 2.14. The highest BCUT2D eigenvalue weighted by Gasteiger charge is 2.01. The summed E-state index contributed by atoms with van der Waals surface area (Å²) >= 11 is 1.78. The van der Waals surface area contributed by atoms with E-state index in [2.05, 4.69) is 23.8 Å². The summed E-state index contributed by atoms with van der Waals surface area (Å²) in [6.45, 7) is 2.15. The van der Waals surface area contributed by atoms with Gasteiger partial charge in [-0.3, -0.25) is 9.59 Å². The summed E-state index contributed by atoms with van der Waals surface area (Å²) in [5.74, 6) is 0.123. The molecule has 0 saturated carbocycles. The van der Waals surface area contributed by atoms with E-state index in [1.165, 1.54) is 31.2 Å². The molecular weight excluding hydrogens is 332 g/mol. The van der Waals surface area contributed by atoms with Crippen molar-refractivity contribution in [2.75, 3.05) is 7.11 Å². The van der Waals surface area contributed by atoms with E-state index in [9.17, 15) is 9.59 Å². The van der Waals surface area contributed by atoms with E-state index < -0.39 is 0 Å². The first-order valence-electron chi connectivity index (χ1n) is 9.52. The van der Waals surface area contributed by atoms with E-state index in [-0.39, 0.29) is 11.8 Å². The number of ketones is 1. The second-order valence-electron chi connectivity index (χ2n) is 6.40. The van der Waals surface area contributed by atoms with E-state index in [1.807, 2.05) is 6.08 Å². The van der Waals surface area contributed by atoms with Gasteiger partial charge in [-0.05, 0) is 50.0 Å². The molecule has 0 unspecified atom stereocenters. The summed E-state index contributed by atoms with van der Waals surface area (Å²) in [5.41, 5.74) is 0. The molecular formula is C21H32O3S. The molecule has 140 valence electrons. The topological polar surface area (TPSA) is 43.4 Å². The predicted octanol–water partition coefficient (Wildman–Crippen LogP) is 5.97. The molecule has 0 N–H and O–H groups in total. The molecule has 25 heavy (non-hydrogen) atoms. The van der Waals surface area contributed by atoms with Crippen LogP contribution in [0, 0.1) is 0 Å². The van der Waals surface area contributed by atoms with E-state index in [1.54, 1.807) is 17.4 Å². The highest BCUT2D eigenvalue weighted by Crippen LogP contribution is 2.21. The van der Waals surface area contributed by atoms with E-state index >= 15 is 0 Å². The Bertz CT molecular complexity index is 531. The minimum absolute atomic E-state index is 0.108. The number of rotatable bonds is 14. The van der Waals surface area contributed by atoms with Crippen LogP contribution in [-0.2, 0) is 20.7 Å². The Hall–Kier alpha value is -1.42. The molecule has 1 rings (SSSR count). The monoisotopic (exact) mass is 364 g/mol. The molecule has 0 atom stereocenters. The van der Waals surface area contributed by atoms with Crippen molar-refractivity contribution in [2.24, 2.45) is 0 Å². The lowest BCUT2D eigenvalue weighted by molar-refractivity contribution is -0.140. The predicted molar refractivity (Wildman–Crippen MR) is 106 cm³/mol. The van der Waals surface area contributed by atoms with Crippen LogP contribution in [0.4, 0.5) is 0 Å². The maximum absolute atomic E-state index is 11.7. The number of methoxy groups -OCH3 is 1. The number of ether oxygens (including phenoxy) is 1. The van der Waals surface area contributed by atoms with E-state index in [0.717, 1.165) is 43.4 Å². The van der Waals surface area contributed by atoms with Crippen LogP contribution >= 0.6 is 11.3 Å². The highest BCUT2D eigenvalue weighted by molar-refractivity contribution is 7.12. The first-order chi connectivity index (χ1) is 12.2. The lowest BCUT2D eigenvalue weighted by atomic mass is 10.1. The van der Waals surface area contributed by atoms with Crippen molar-refractivity contribution in [3.63, 3.8) is 0 Å². The van der Waals surface area contributed by atoms with Crippen LogP contribution in [0.3, 0.4) is 0 Å². The number of thiophene rings is 1. The lowest BCUT2D eigenvalue weighted by Crippen LogP contribution is -1.99. The minimum atomic E-state index is -0.108. The molecule has 0 bridgehead atoms. The van der Waals surface area contributed by atoms with Gasteiger partial charge >= 0.3 is 5.97 Å². The normalized spacial score (nSPS) is 11.1. The quantitative estimate of drug-likeness (QED) is 0.232. The zero-order chi connectivity index (χ0) is 18.3. The van der Waals surface area contributed by atoms with Crippen LogP contribution in [0.2, 0.25) is 0 Å². The van der Waals surface area contributed by atoms with Crippen molar-refractivity contribution >= 4 is 29.2 Å². The molecule has 0 radical (unpaired) electrons. The van der Waals surface area contributed by atoms with Crippen molar-refractivity contribution in [3.05, 3.63) is 28.0 Å². The first-order valence-corrected chi connectivity index (χ1v) is 10.3. The zero-order valence-corrected chi connectivity index (χ0v) is 16.5. The van der Waals surface area contributed by atoms with E-state index in [0.29, 0.717) is 12.8 Å².